The minimum Gasteiger partial charge on any atom is -0.316 e. The quantitative estimate of drug-likeness (QED) is 0.486. The summed E-state index contributed by atoms with van der Waals surface area (Å²) in [6, 6.07) is 11.7. The molecule has 4 nitrogen and oxygen atoms in total. The number of pyridine rings is 1. The zero-order valence-corrected chi connectivity index (χ0v) is 13.4. The van der Waals surface area contributed by atoms with Gasteiger partial charge in [-0.3, -0.25) is 4.79 Å². The van der Waals surface area contributed by atoms with E-state index in [4.69, 9.17) is 10.8 Å². The summed E-state index contributed by atoms with van der Waals surface area (Å²) < 4.78 is 13.6. The molecule has 0 atom stereocenters. The number of nitrogens with one attached hydrogen (secondary N) is 3. The van der Waals surface area contributed by atoms with Crippen molar-refractivity contribution in [3.8, 4) is 0 Å². The van der Waals surface area contributed by atoms with Gasteiger partial charge in [0.1, 0.15) is 5.82 Å². The molecule has 0 radical (unpaired) electrons. The molecule has 3 aromatic rings. The van der Waals surface area contributed by atoms with E-state index in [1.165, 1.54) is 36.2 Å². The van der Waals surface area contributed by atoms with E-state index in [2.05, 4.69) is 4.98 Å². The van der Waals surface area contributed by atoms with E-state index < -0.39 is 5.82 Å². The van der Waals surface area contributed by atoms with Gasteiger partial charge in [-0.2, -0.15) is 0 Å². The topological polar surface area (TPSA) is 80.6 Å². The lowest BCUT2D eigenvalue weighted by molar-refractivity contribution is 0.629. The Hall–Kier alpha value is -2.73. The van der Waals surface area contributed by atoms with E-state index in [0.717, 1.165) is 17.3 Å². The van der Waals surface area contributed by atoms with E-state index in [9.17, 15) is 9.18 Å². The summed E-state index contributed by atoms with van der Waals surface area (Å²) in [5.74, 6) is 0.186. The minimum absolute atomic E-state index is 0.222. The van der Waals surface area contributed by atoms with Crippen LogP contribution in [0.25, 0.3) is 10.8 Å². The van der Waals surface area contributed by atoms with Crippen LogP contribution in [-0.2, 0) is 5.75 Å². The van der Waals surface area contributed by atoms with Gasteiger partial charge in [-0.05, 0) is 34.7 Å². The van der Waals surface area contributed by atoms with Gasteiger partial charge in [0.15, 0.2) is 0 Å². The van der Waals surface area contributed by atoms with Crippen LogP contribution in [0.3, 0.4) is 0 Å². The van der Waals surface area contributed by atoms with Gasteiger partial charge in [-0.15, -0.1) is 11.8 Å². The van der Waals surface area contributed by atoms with Gasteiger partial charge in [0.2, 0.25) is 0 Å². The van der Waals surface area contributed by atoms with Gasteiger partial charge in [0.05, 0.1) is 10.6 Å². The first kappa shape index (κ1) is 16.1. The second-order valence-electron chi connectivity index (χ2n) is 5.21. The second-order valence-corrected chi connectivity index (χ2v) is 6.19. The van der Waals surface area contributed by atoms with Gasteiger partial charge < -0.3 is 15.8 Å². The third kappa shape index (κ3) is 3.14. The highest BCUT2D eigenvalue weighted by molar-refractivity contribution is 7.98. The summed E-state index contributed by atoms with van der Waals surface area (Å²) in [6.07, 6.45) is 2.26. The fraction of sp³-hybridized carbons (Fsp3) is 0.0556. The van der Waals surface area contributed by atoms with Gasteiger partial charge in [0.25, 0.3) is 5.56 Å². The van der Waals surface area contributed by atoms with E-state index in [-0.39, 0.29) is 11.1 Å². The minimum atomic E-state index is -0.391. The number of thioether (sulfide) groups is 1. The fourth-order valence-corrected chi connectivity index (χ4v) is 3.46. The molecular weight excluding hydrogens is 325 g/mol. The Kier molecular flexibility index (Phi) is 4.57. The fourth-order valence-electron chi connectivity index (χ4n) is 2.48. The van der Waals surface area contributed by atoms with Crippen molar-refractivity contribution in [2.45, 2.75) is 10.8 Å². The number of rotatable bonds is 5. The number of H-pyrrole nitrogens is 1. The number of hydrogen-bond donors (Lipinski definition) is 3. The largest absolute Gasteiger partial charge is 0.316 e. The summed E-state index contributed by atoms with van der Waals surface area (Å²) in [6.45, 7) is 0. The van der Waals surface area contributed by atoms with Crippen LogP contribution in [0.1, 0.15) is 16.7 Å². The highest BCUT2D eigenvalue weighted by Crippen LogP contribution is 2.29. The van der Waals surface area contributed by atoms with E-state index in [1.807, 2.05) is 24.3 Å². The van der Waals surface area contributed by atoms with Crippen LogP contribution in [0.5, 0.6) is 0 Å². The number of aromatic nitrogens is 1. The van der Waals surface area contributed by atoms with Gasteiger partial charge in [-0.25, -0.2) is 4.39 Å². The standard InChI is InChI=1S/C18H14FN3OS/c19-13-4-5-14-15(7-13)18(22-17(23)16(14)9-21)24-10-12-3-1-2-11(6-12)8-20/h1-9,20-21H,10H2,(H,22,23). The molecule has 0 amide bonds. The monoisotopic (exact) mass is 339 g/mol. The molecule has 120 valence electrons. The van der Waals surface area contributed by atoms with Crippen molar-refractivity contribution in [1.82, 2.24) is 4.98 Å². The van der Waals surface area contributed by atoms with Crippen molar-refractivity contribution in [1.29, 1.82) is 10.8 Å². The number of benzene rings is 2. The third-order valence-electron chi connectivity index (χ3n) is 3.63. The lowest BCUT2D eigenvalue weighted by Crippen LogP contribution is -2.13. The summed E-state index contributed by atoms with van der Waals surface area (Å²) in [5.41, 5.74) is 1.67. The highest BCUT2D eigenvalue weighted by atomic mass is 32.2. The Morgan fingerprint density at radius 1 is 1.08 bits per heavy atom. The van der Waals surface area contributed by atoms with Crippen LogP contribution in [0.4, 0.5) is 4.39 Å². The Morgan fingerprint density at radius 2 is 1.92 bits per heavy atom. The molecule has 3 rings (SSSR count). The zero-order valence-electron chi connectivity index (χ0n) is 12.6. The molecule has 3 N–H and O–H groups in total. The maximum Gasteiger partial charge on any atom is 0.258 e. The molecule has 0 unspecified atom stereocenters. The molecule has 2 aromatic carbocycles. The average molecular weight is 339 g/mol. The molecule has 24 heavy (non-hydrogen) atoms. The van der Waals surface area contributed by atoms with E-state index >= 15 is 0 Å². The highest BCUT2D eigenvalue weighted by Gasteiger charge is 2.11. The lowest BCUT2D eigenvalue weighted by Gasteiger charge is -2.09. The van der Waals surface area contributed by atoms with Crippen molar-refractivity contribution in [2.75, 3.05) is 0 Å². The van der Waals surface area contributed by atoms with Crippen molar-refractivity contribution >= 4 is 35.0 Å². The Balaban J connectivity index is 2.02. The van der Waals surface area contributed by atoms with E-state index in [0.29, 0.717) is 21.6 Å². The average Bonchev–Trinajstić information content (AvgIpc) is 2.60. The van der Waals surface area contributed by atoms with Crippen LogP contribution in [-0.4, -0.2) is 17.4 Å². The zero-order chi connectivity index (χ0) is 17.1. The maximum atomic E-state index is 13.6. The first-order chi connectivity index (χ1) is 11.6. The summed E-state index contributed by atoms with van der Waals surface area (Å²) in [7, 11) is 0. The molecule has 6 heteroatoms. The molecular formula is C18H14FN3OS. The Bertz CT molecular complexity index is 997. The maximum absolute atomic E-state index is 13.6. The lowest BCUT2D eigenvalue weighted by atomic mass is 10.1. The number of hydrogen-bond acceptors (Lipinski definition) is 4. The summed E-state index contributed by atoms with van der Waals surface area (Å²) >= 11 is 1.39. The molecule has 1 aromatic heterocycles. The van der Waals surface area contributed by atoms with Gasteiger partial charge in [-0.1, -0.05) is 24.3 Å². The second kappa shape index (κ2) is 6.80. The Morgan fingerprint density at radius 3 is 2.67 bits per heavy atom. The molecule has 0 aliphatic rings. The van der Waals surface area contributed by atoms with Crippen molar-refractivity contribution in [3.63, 3.8) is 0 Å². The number of halogens is 1. The number of aromatic amines is 1. The molecule has 0 saturated carbocycles. The van der Waals surface area contributed by atoms with Crippen molar-refractivity contribution in [2.24, 2.45) is 0 Å². The normalized spacial score (nSPS) is 10.7. The third-order valence-corrected chi connectivity index (χ3v) is 4.72. The molecule has 1 heterocycles. The predicted octanol–water partition coefficient (Wildman–Crippen LogP) is 3.95. The van der Waals surface area contributed by atoms with Crippen LogP contribution >= 0.6 is 11.8 Å². The molecule has 0 aliphatic carbocycles. The van der Waals surface area contributed by atoms with E-state index in [1.54, 1.807) is 0 Å². The van der Waals surface area contributed by atoms with Crippen molar-refractivity contribution < 1.29 is 4.39 Å². The summed E-state index contributed by atoms with van der Waals surface area (Å²) in [5, 5.41) is 16.4. The first-order valence-electron chi connectivity index (χ1n) is 7.20. The van der Waals surface area contributed by atoms with Gasteiger partial charge in [0, 0.05) is 23.6 Å². The van der Waals surface area contributed by atoms with Crippen LogP contribution in [0.2, 0.25) is 0 Å². The summed E-state index contributed by atoms with van der Waals surface area (Å²) in [4.78, 5) is 14.9. The van der Waals surface area contributed by atoms with Gasteiger partial charge >= 0.3 is 0 Å². The van der Waals surface area contributed by atoms with Crippen LogP contribution in [0, 0.1) is 16.6 Å². The molecule has 0 bridgehead atoms. The predicted molar refractivity (Wildman–Crippen MR) is 96.3 cm³/mol. The molecule has 0 fully saturated rings. The SMILES string of the molecule is N=Cc1cccc(CSc2[nH]c(=O)c(C=N)c3ccc(F)cc23)c1. The number of fused-ring (bicyclic) bond motifs is 1. The molecule has 0 saturated heterocycles. The molecule has 0 spiro atoms. The van der Waals surface area contributed by atoms with Crippen LogP contribution in [0.15, 0.2) is 52.3 Å². The van der Waals surface area contributed by atoms with Crippen molar-refractivity contribution in [3.05, 3.63) is 75.3 Å². The van der Waals surface area contributed by atoms with Crippen LogP contribution < -0.4 is 5.56 Å². The Labute approximate surface area is 141 Å². The molecule has 0 aliphatic heterocycles. The first-order valence-corrected chi connectivity index (χ1v) is 8.19. The smallest absolute Gasteiger partial charge is 0.258 e.